The number of nitrogens with one attached hydrogen (secondary N) is 1. The molecule has 112 valence electrons. The molecule has 1 fully saturated rings. The third kappa shape index (κ3) is 3.97. The highest BCUT2D eigenvalue weighted by Crippen LogP contribution is 2.29. The molecule has 0 amide bonds. The van der Waals surface area contributed by atoms with Crippen molar-refractivity contribution in [2.75, 3.05) is 6.54 Å². The van der Waals surface area contributed by atoms with Gasteiger partial charge in [-0.2, -0.15) is 0 Å². The number of hydrogen-bond donors (Lipinski definition) is 1. The lowest BCUT2D eigenvalue weighted by atomic mass is 10.0. The van der Waals surface area contributed by atoms with Gasteiger partial charge in [0.2, 0.25) is 0 Å². The summed E-state index contributed by atoms with van der Waals surface area (Å²) in [6.07, 6.45) is 2.75. The summed E-state index contributed by atoms with van der Waals surface area (Å²) < 4.78 is 12.1. The second-order valence-corrected chi connectivity index (χ2v) is 5.79. The van der Waals surface area contributed by atoms with E-state index in [2.05, 4.69) is 51.2 Å². The molecule has 0 saturated carbocycles. The van der Waals surface area contributed by atoms with Gasteiger partial charge in [-0.1, -0.05) is 25.1 Å². The number of para-hydroxylation sites is 1. The summed E-state index contributed by atoms with van der Waals surface area (Å²) in [5.74, 6) is 1.01. The summed E-state index contributed by atoms with van der Waals surface area (Å²) >= 11 is 0. The van der Waals surface area contributed by atoms with Crippen molar-refractivity contribution in [1.29, 1.82) is 0 Å². The standard InChI is InChI=1S/C17H27NO2/c1-5-18-14(4)16-8-6-7-9-17(16)20-15-10-12(2)19-13(3)11-15/h6-9,12-15,18H,5,10-11H2,1-4H3. The number of hydrogen-bond acceptors (Lipinski definition) is 3. The molecule has 1 heterocycles. The Kier molecular flexibility index (Phi) is 5.44. The first kappa shape index (κ1) is 15.3. The average Bonchev–Trinajstić information content (AvgIpc) is 2.38. The minimum Gasteiger partial charge on any atom is -0.490 e. The third-order valence-corrected chi connectivity index (χ3v) is 3.84. The van der Waals surface area contributed by atoms with E-state index in [4.69, 9.17) is 9.47 Å². The maximum Gasteiger partial charge on any atom is 0.124 e. The van der Waals surface area contributed by atoms with Gasteiger partial charge in [0.05, 0.1) is 12.2 Å². The van der Waals surface area contributed by atoms with E-state index in [9.17, 15) is 0 Å². The molecule has 1 N–H and O–H groups in total. The third-order valence-electron chi connectivity index (χ3n) is 3.84. The maximum absolute atomic E-state index is 6.27. The van der Waals surface area contributed by atoms with E-state index < -0.39 is 0 Å². The molecular weight excluding hydrogens is 250 g/mol. The van der Waals surface area contributed by atoms with Crippen molar-refractivity contribution in [2.24, 2.45) is 0 Å². The molecule has 1 saturated heterocycles. The first-order valence-electron chi connectivity index (χ1n) is 7.74. The van der Waals surface area contributed by atoms with Gasteiger partial charge >= 0.3 is 0 Å². The Morgan fingerprint density at radius 1 is 1.25 bits per heavy atom. The normalized spacial score (nSPS) is 28.1. The molecule has 1 aliphatic heterocycles. The lowest BCUT2D eigenvalue weighted by Crippen LogP contribution is -2.36. The Balaban J connectivity index is 2.08. The van der Waals surface area contributed by atoms with E-state index in [0.717, 1.165) is 25.1 Å². The molecule has 0 radical (unpaired) electrons. The summed E-state index contributed by atoms with van der Waals surface area (Å²) in [6, 6.07) is 8.66. The van der Waals surface area contributed by atoms with E-state index in [1.807, 2.05) is 6.07 Å². The molecule has 0 bridgehead atoms. The van der Waals surface area contributed by atoms with Crippen LogP contribution in [0, 0.1) is 0 Å². The molecule has 3 unspecified atom stereocenters. The smallest absolute Gasteiger partial charge is 0.124 e. The highest BCUT2D eigenvalue weighted by Gasteiger charge is 2.26. The average molecular weight is 277 g/mol. The molecule has 0 aromatic heterocycles. The number of benzene rings is 1. The van der Waals surface area contributed by atoms with E-state index in [1.165, 1.54) is 5.56 Å². The quantitative estimate of drug-likeness (QED) is 0.890. The predicted molar refractivity (Wildman–Crippen MR) is 82.2 cm³/mol. The number of ether oxygens (including phenoxy) is 2. The largest absolute Gasteiger partial charge is 0.490 e. The van der Waals surface area contributed by atoms with Crippen LogP contribution < -0.4 is 10.1 Å². The summed E-state index contributed by atoms with van der Waals surface area (Å²) in [5.41, 5.74) is 1.24. The molecule has 0 aliphatic carbocycles. The van der Waals surface area contributed by atoms with Crippen molar-refractivity contribution in [3.05, 3.63) is 29.8 Å². The van der Waals surface area contributed by atoms with Crippen LogP contribution in [-0.2, 0) is 4.74 Å². The fourth-order valence-corrected chi connectivity index (χ4v) is 2.98. The second kappa shape index (κ2) is 7.09. The molecule has 0 spiro atoms. The van der Waals surface area contributed by atoms with Gasteiger partial charge in [0.15, 0.2) is 0 Å². The fourth-order valence-electron chi connectivity index (χ4n) is 2.98. The fraction of sp³-hybridized carbons (Fsp3) is 0.647. The zero-order valence-corrected chi connectivity index (χ0v) is 13.1. The van der Waals surface area contributed by atoms with Gasteiger partial charge in [-0.15, -0.1) is 0 Å². The minimum absolute atomic E-state index is 0.253. The Bertz CT molecular complexity index is 411. The summed E-state index contributed by atoms with van der Waals surface area (Å²) in [4.78, 5) is 0. The monoisotopic (exact) mass is 277 g/mol. The molecule has 1 aromatic rings. The minimum atomic E-state index is 0.253. The molecule has 3 atom stereocenters. The van der Waals surface area contributed by atoms with E-state index >= 15 is 0 Å². The van der Waals surface area contributed by atoms with Crippen LogP contribution in [0.1, 0.15) is 52.1 Å². The van der Waals surface area contributed by atoms with Crippen molar-refractivity contribution in [2.45, 2.75) is 64.9 Å². The van der Waals surface area contributed by atoms with Gasteiger partial charge in [-0.05, 0) is 33.4 Å². The molecule has 1 aliphatic rings. The maximum atomic E-state index is 6.27. The van der Waals surface area contributed by atoms with Crippen molar-refractivity contribution in [3.8, 4) is 5.75 Å². The zero-order valence-electron chi connectivity index (χ0n) is 13.1. The summed E-state index contributed by atoms with van der Waals surface area (Å²) in [6.45, 7) is 9.52. The van der Waals surface area contributed by atoms with Crippen LogP contribution >= 0.6 is 0 Å². The Morgan fingerprint density at radius 2 is 1.90 bits per heavy atom. The predicted octanol–water partition coefficient (Wildman–Crippen LogP) is 3.69. The van der Waals surface area contributed by atoms with Crippen LogP contribution in [0.5, 0.6) is 5.75 Å². The molecule has 3 heteroatoms. The van der Waals surface area contributed by atoms with Crippen LogP contribution in [0.4, 0.5) is 0 Å². The van der Waals surface area contributed by atoms with Crippen LogP contribution in [-0.4, -0.2) is 24.9 Å². The van der Waals surface area contributed by atoms with Crippen LogP contribution in [0.3, 0.4) is 0 Å². The van der Waals surface area contributed by atoms with Gasteiger partial charge in [0.1, 0.15) is 11.9 Å². The van der Waals surface area contributed by atoms with Crippen molar-refractivity contribution < 1.29 is 9.47 Å². The SMILES string of the molecule is CCNC(C)c1ccccc1OC1CC(C)OC(C)C1. The molecule has 1 aromatic carbocycles. The Morgan fingerprint density at radius 3 is 2.55 bits per heavy atom. The zero-order chi connectivity index (χ0) is 14.5. The van der Waals surface area contributed by atoms with Crippen LogP contribution in [0.2, 0.25) is 0 Å². The van der Waals surface area contributed by atoms with Gasteiger partial charge in [0.25, 0.3) is 0 Å². The van der Waals surface area contributed by atoms with Crippen LogP contribution in [0.25, 0.3) is 0 Å². The van der Waals surface area contributed by atoms with E-state index in [-0.39, 0.29) is 18.3 Å². The first-order valence-corrected chi connectivity index (χ1v) is 7.74. The lowest BCUT2D eigenvalue weighted by molar-refractivity contribution is -0.0723. The molecule has 20 heavy (non-hydrogen) atoms. The van der Waals surface area contributed by atoms with Crippen molar-refractivity contribution in [3.63, 3.8) is 0 Å². The number of rotatable bonds is 5. The van der Waals surface area contributed by atoms with E-state index in [1.54, 1.807) is 0 Å². The molecule has 2 rings (SSSR count). The summed E-state index contributed by atoms with van der Waals surface area (Å²) in [5, 5.41) is 3.45. The van der Waals surface area contributed by atoms with Gasteiger partial charge in [0, 0.05) is 24.4 Å². The summed E-state index contributed by atoms with van der Waals surface area (Å²) in [7, 11) is 0. The Hall–Kier alpha value is -1.06. The highest BCUT2D eigenvalue weighted by atomic mass is 16.5. The van der Waals surface area contributed by atoms with Crippen molar-refractivity contribution >= 4 is 0 Å². The Labute approximate surface area is 122 Å². The van der Waals surface area contributed by atoms with Gasteiger partial charge in [-0.3, -0.25) is 0 Å². The highest BCUT2D eigenvalue weighted by molar-refractivity contribution is 5.35. The second-order valence-electron chi connectivity index (χ2n) is 5.79. The van der Waals surface area contributed by atoms with Gasteiger partial charge in [-0.25, -0.2) is 0 Å². The van der Waals surface area contributed by atoms with Crippen molar-refractivity contribution in [1.82, 2.24) is 5.32 Å². The molecular formula is C17H27NO2. The van der Waals surface area contributed by atoms with E-state index in [0.29, 0.717) is 6.04 Å². The molecule has 3 nitrogen and oxygen atoms in total. The first-order chi connectivity index (χ1) is 9.60. The van der Waals surface area contributed by atoms with Crippen LogP contribution in [0.15, 0.2) is 24.3 Å². The topological polar surface area (TPSA) is 30.5 Å². The lowest BCUT2D eigenvalue weighted by Gasteiger charge is -2.33. The van der Waals surface area contributed by atoms with Gasteiger partial charge < -0.3 is 14.8 Å².